The normalized spacial score (nSPS) is 11.4. The van der Waals surface area contributed by atoms with Crippen molar-refractivity contribution in [2.24, 2.45) is 0 Å². The molecule has 32 heavy (non-hydrogen) atoms. The van der Waals surface area contributed by atoms with E-state index in [0.29, 0.717) is 36.3 Å². The van der Waals surface area contributed by atoms with Crippen LogP contribution in [-0.2, 0) is 6.42 Å². The molecule has 172 valence electrons. The number of likely N-dealkylation sites (N-methyl/N-ethyl adjacent to an activating group) is 1. The summed E-state index contributed by atoms with van der Waals surface area (Å²) in [5.41, 5.74) is 1.97. The van der Waals surface area contributed by atoms with Crippen molar-refractivity contribution < 1.29 is 19.1 Å². The lowest BCUT2D eigenvalue weighted by molar-refractivity contribution is 0.103. The SMILES string of the molecule is CCN(CC)CCOc1c(I)cc(C(=O)c2c(CCCCO)oc3ccccc23)cc1I. The number of unbranched alkanes of at least 4 members (excludes halogenated alkanes) is 1. The molecule has 1 heterocycles. The van der Waals surface area contributed by atoms with E-state index in [1.165, 1.54) is 0 Å². The third-order valence-electron chi connectivity index (χ3n) is 5.52. The van der Waals surface area contributed by atoms with Gasteiger partial charge in [-0.1, -0.05) is 32.0 Å². The molecule has 3 rings (SSSR count). The Bertz CT molecular complexity index is 1040. The zero-order valence-corrected chi connectivity index (χ0v) is 22.8. The van der Waals surface area contributed by atoms with Gasteiger partial charge in [0, 0.05) is 30.5 Å². The van der Waals surface area contributed by atoms with Gasteiger partial charge in [0.1, 0.15) is 23.7 Å². The van der Waals surface area contributed by atoms with Gasteiger partial charge in [-0.25, -0.2) is 0 Å². The maximum absolute atomic E-state index is 13.6. The number of hydrogen-bond acceptors (Lipinski definition) is 5. The van der Waals surface area contributed by atoms with Crippen LogP contribution in [0.15, 0.2) is 40.8 Å². The number of fused-ring (bicyclic) bond motifs is 1. The molecule has 3 aromatic rings. The maximum atomic E-state index is 13.6. The Morgan fingerprint density at radius 2 is 1.78 bits per heavy atom. The predicted octanol–water partition coefficient (Wildman–Crippen LogP) is 5.91. The summed E-state index contributed by atoms with van der Waals surface area (Å²) in [6.45, 7) is 7.92. The van der Waals surface area contributed by atoms with Crippen LogP contribution in [0.5, 0.6) is 5.75 Å². The molecule has 2 aromatic carbocycles. The van der Waals surface area contributed by atoms with E-state index in [-0.39, 0.29) is 12.4 Å². The minimum atomic E-state index is -0.0422. The second-order valence-electron chi connectivity index (χ2n) is 7.55. The Kier molecular flexibility index (Phi) is 9.81. The van der Waals surface area contributed by atoms with Gasteiger partial charge in [-0.05, 0) is 89.3 Å². The van der Waals surface area contributed by atoms with Crippen molar-refractivity contribution in [3.8, 4) is 5.75 Å². The Morgan fingerprint density at radius 1 is 1.09 bits per heavy atom. The van der Waals surface area contributed by atoms with Crippen molar-refractivity contribution in [1.29, 1.82) is 0 Å². The molecule has 1 N–H and O–H groups in total. The molecule has 0 saturated carbocycles. The van der Waals surface area contributed by atoms with Crippen LogP contribution in [0.1, 0.15) is 48.4 Å². The quantitative estimate of drug-likeness (QED) is 0.149. The van der Waals surface area contributed by atoms with E-state index in [9.17, 15) is 4.79 Å². The van der Waals surface area contributed by atoms with E-state index in [1.54, 1.807) is 0 Å². The van der Waals surface area contributed by atoms with Gasteiger partial charge in [-0.15, -0.1) is 0 Å². The van der Waals surface area contributed by atoms with Crippen LogP contribution in [0, 0.1) is 7.14 Å². The van der Waals surface area contributed by atoms with E-state index >= 15 is 0 Å². The van der Waals surface area contributed by atoms with Gasteiger partial charge in [-0.3, -0.25) is 4.79 Å². The lowest BCUT2D eigenvalue weighted by atomic mass is 9.98. The molecule has 0 unspecified atom stereocenters. The smallest absolute Gasteiger partial charge is 0.197 e. The number of ether oxygens (including phenoxy) is 1. The lowest BCUT2D eigenvalue weighted by Crippen LogP contribution is -2.28. The highest BCUT2D eigenvalue weighted by Crippen LogP contribution is 2.33. The van der Waals surface area contributed by atoms with Crippen LogP contribution in [-0.4, -0.2) is 48.6 Å². The molecule has 0 radical (unpaired) electrons. The molecule has 7 heteroatoms. The molecule has 0 aliphatic rings. The highest BCUT2D eigenvalue weighted by Gasteiger charge is 2.23. The molecule has 5 nitrogen and oxygen atoms in total. The van der Waals surface area contributed by atoms with E-state index in [4.69, 9.17) is 14.3 Å². The van der Waals surface area contributed by atoms with E-state index in [0.717, 1.165) is 49.9 Å². The van der Waals surface area contributed by atoms with Gasteiger partial charge in [0.2, 0.25) is 0 Å². The van der Waals surface area contributed by atoms with E-state index in [1.807, 2.05) is 36.4 Å². The summed E-state index contributed by atoms with van der Waals surface area (Å²) in [4.78, 5) is 15.9. The first-order valence-corrected chi connectivity index (χ1v) is 13.2. The zero-order valence-electron chi connectivity index (χ0n) is 18.5. The van der Waals surface area contributed by atoms with Crippen LogP contribution in [0.25, 0.3) is 11.0 Å². The molecule has 0 aliphatic heterocycles. The summed E-state index contributed by atoms with van der Waals surface area (Å²) in [6.07, 6.45) is 2.07. The van der Waals surface area contributed by atoms with Crippen molar-refractivity contribution in [2.45, 2.75) is 33.1 Å². The molecular weight excluding hydrogens is 632 g/mol. The number of ketones is 1. The molecule has 0 spiro atoms. The molecule has 0 fully saturated rings. The second-order valence-corrected chi connectivity index (χ2v) is 9.87. The molecular formula is C25H29I2NO4. The fraction of sp³-hybridized carbons (Fsp3) is 0.400. The molecule has 0 aliphatic carbocycles. The summed E-state index contributed by atoms with van der Waals surface area (Å²) in [7, 11) is 0. The summed E-state index contributed by atoms with van der Waals surface area (Å²) in [5.74, 6) is 1.48. The summed E-state index contributed by atoms with van der Waals surface area (Å²) in [5, 5.41) is 9.97. The first-order chi connectivity index (χ1) is 15.5. The number of carbonyl (C=O) groups is 1. The first-order valence-electron chi connectivity index (χ1n) is 11.0. The van der Waals surface area contributed by atoms with E-state index < -0.39 is 0 Å². The van der Waals surface area contributed by atoms with Gasteiger partial charge in [0.05, 0.1) is 12.7 Å². The van der Waals surface area contributed by atoms with Crippen LogP contribution >= 0.6 is 45.2 Å². The number of nitrogens with zero attached hydrogens (tertiary/aromatic N) is 1. The van der Waals surface area contributed by atoms with Crippen molar-refractivity contribution in [2.75, 3.05) is 32.8 Å². The summed E-state index contributed by atoms with van der Waals surface area (Å²) >= 11 is 4.49. The lowest BCUT2D eigenvalue weighted by Gasteiger charge is -2.19. The number of carbonyl (C=O) groups excluding carboxylic acids is 1. The number of hydrogen-bond donors (Lipinski definition) is 1. The van der Waals surface area contributed by atoms with Gasteiger partial charge >= 0.3 is 0 Å². The summed E-state index contributed by atoms with van der Waals surface area (Å²) in [6, 6.07) is 11.5. The monoisotopic (exact) mass is 661 g/mol. The maximum Gasteiger partial charge on any atom is 0.197 e. The first kappa shape index (κ1) is 25.5. The number of halogens is 2. The minimum absolute atomic E-state index is 0.0422. The fourth-order valence-electron chi connectivity index (χ4n) is 3.71. The predicted molar refractivity (Wildman–Crippen MR) is 145 cm³/mol. The average molecular weight is 661 g/mol. The van der Waals surface area contributed by atoms with Crippen molar-refractivity contribution in [3.05, 3.63) is 60.4 Å². The molecule has 0 amide bonds. The van der Waals surface area contributed by atoms with Gasteiger partial charge in [0.15, 0.2) is 5.78 Å². The zero-order chi connectivity index (χ0) is 23.1. The van der Waals surface area contributed by atoms with Crippen molar-refractivity contribution in [1.82, 2.24) is 4.90 Å². The highest BCUT2D eigenvalue weighted by molar-refractivity contribution is 14.1. The number of aryl methyl sites for hydroxylation is 1. The molecule has 0 atom stereocenters. The average Bonchev–Trinajstić information content (AvgIpc) is 3.16. The van der Waals surface area contributed by atoms with Crippen molar-refractivity contribution in [3.63, 3.8) is 0 Å². The standard InChI is InChI=1S/C25H29I2NO4/c1-3-28(4-2)12-14-31-25-19(26)15-17(16-20(25)27)24(30)23-18-9-5-6-10-21(18)32-22(23)11-7-8-13-29/h5-6,9-10,15-16,29H,3-4,7-8,11-14H2,1-2H3. The van der Waals surface area contributed by atoms with Crippen LogP contribution < -0.4 is 4.74 Å². The number of para-hydroxylation sites is 1. The van der Waals surface area contributed by atoms with Gasteiger partial charge in [-0.2, -0.15) is 0 Å². The topological polar surface area (TPSA) is 62.9 Å². The van der Waals surface area contributed by atoms with Crippen LogP contribution in [0.4, 0.5) is 0 Å². The molecule has 0 saturated heterocycles. The largest absolute Gasteiger partial charge is 0.490 e. The Hall–Kier alpha value is -1.17. The Morgan fingerprint density at radius 3 is 2.44 bits per heavy atom. The Balaban J connectivity index is 1.88. The number of benzene rings is 2. The number of aliphatic hydroxyl groups is 1. The second kappa shape index (κ2) is 12.3. The van der Waals surface area contributed by atoms with Gasteiger partial charge < -0.3 is 19.2 Å². The number of aliphatic hydroxyl groups excluding tert-OH is 1. The third kappa shape index (κ3) is 6.03. The minimum Gasteiger partial charge on any atom is -0.490 e. The molecule has 1 aromatic heterocycles. The van der Waals surface area contributed by atoms with Crippen LogP contribution in [0.2, 0.25) is 0 Å². The fourth-order valence-corrected chi connectivity index (χ4v) is 5.79. The number of rotatable bonds is 12. The van der Waals surface area contributed by atoms with Gasteiger partial charge in [0.25, 0.3) is 0 Å². The van der Waals surface area contributed by atoms with E-state index in [2.05, 4.69) is 63.9 Å². The molecule has 0 bridgehead atoms. The highest BCUT2D eigenvalue weighted by atomic mass is 127. The van der Waals surface area contributed by atoms with Crippen LogP contribution in [0.3, 0.4) is 0 Å². The summed E-state index contributed by atoms with van der Waals surface area (Å²) < 4.78 is 14.0. The van der Waals surface area contributed by atoms with Crippen molar-refractivity contribution >= 4 is 61.9 Å². The number of furan rings is 1. The Labute approximate surface area is 216 Å². The third-order valence-corrected chi connectivity index (χ3v) is 7.12.